The van der Waals surface area contributed by atoms with Gasteiger partial charge in [0.2, 0.25) is 0 Å². The fraction of sp³-hybridized carbons (Fsp3) is 0.250. The van der Waals surface area contributed by atoms with Gasteiger partial charge in [-0.15, -0.1) is 0 Å². The number of benzene rings is 2. The van der Waals surface area contributed by atoms with Crippen LogP contribution in [0, 0.1) is 0 Å². The molecule has 6 nitrogen and oxygen atoms in total. The zero-order chi connectivity index (χ0) is 20.9. The number of aromatic nitrogens is 1. The summed E-state index contributed by atoms with van der Waals surface area (Å²) in [7, 11) is 0. The van der Waals surface area contributed by atoms with E-state index in [0.717, 1.165) is 47.4 Å². The lowest BCUT2D eigenvalue weighted by atomic mass is 9.90. The molecule has 4 N–H and O–H groups in total. The van der Waals surface area contributed by atoms with Gasteiger partial charge in [-0.2, -0.15) is 0 Å². The molecule has 1 aliphatic rings. The van der Waals surface area contributed by atoms with Crippen molar-refractivity contribution in [1.29, 1.82) is 0 Å². The lowest BCUT2D eigenvalue weighted by Gasteiger charge is -2.26. The van der Waals surface area contributed by atoms with Crippen molar-refractivity contribution in [1.82, 2.24) is 10.3 Å². The van der Waals surface area contributed by atoms with E-state index in [1.807, 2.05) is 54.6 Å². The fourth-order valence-corrected chi connectivity index (χ4v) is 3.86. The zero-order valence-electron chi connectivity index (χ0n) is 16.7. The normalized spacial score (nSPS) is 15.4. The first-order chi connectivity index (χ1) is 14.6. The molecule has 1 aromatic heterocycles. The number of nitrogens with two attached hydrogens (primary N) is 1. The van der Waals surface area contributed by atoms with Gasteiger partial charge in [0.15, 0.2) is 0 Å². The molecule has 0 radical (unpaired) electrons. The molecule has 0 spiro atoms. The zero-order valence-corrected chi connectivity index (χ0v) is 16.7. The van der Waals surface area contributed by atoms with Crippen molar-refractivity contribution in [3.05, 3.63) is 99.0 Å². The number of hydrogen-bond donors (Lipinski definition) is 3. The predicted octanol–water partition coefficient (Wildman–Crippen LogP) is 3.22. The van der Waals surface area contributed by atoms with Crippen molar-refractivity contribution >= 4 is 5.91 Å². The number of nitrogens with one attached hydrogen (secondary N) is 2. The van der Waals surface area contributed by atoms with Crippen molar-refractivity contribution in [3.63, 3.8) is 0 Å². The number of hydrogen-bond acceptors (Lipinski definition) is 4. The number of primary amides is 1. The Morgan fingerprint density at radius 1 is 1.10 bits per heavy atom. The Labute approximate surface area is 175 Å². The van der Waals surface area contributed by atoms with Crippen LogP contribution in [0.25, 0.3) is 0 Å². The molecule has 4 rings (SSSR count). The lowest BCUT2D eigenvalue weighted by Crippen LogP contribution is -2.31. The van der Waals surface area contributed by atoms with Gasteiger partial charge < -0.3 is 20.8 Å². The van der Waals surface area contributed by atoms with Gasteiger partial charge >= 0.3 is 0 Å². The van der Waals surface area contributed by atoms with E-state index in [-0.39, 0.29) is 11.6 Å². The molecule has 6 heteroatoms. The summed E-state index contributed by atoms with van der Waals surface area (Å²) in [5, 5.41) is 3.55. The quantitative estimate of drug-likeness (QED) is 0.564. The minimum Gasteiger partial charge on any atom is -0.489 e. The van der Waals surface area contributed by atoms with E-state index in [1.165, 1.54) is 0 Å². The molecule has 0 fully saturated rings. The third-order valence-electron chi connectivity index (χ3n) is 5.42. The van der Waals surface area contributed by atoms with Crippen LogP contribution in [-0.4, -0.2) is 10.9 Å². The largest absolute Gasteiger partial charge is 0.489 e. The number of fused-ring (bicyclic) bond motifs is 1. The summed E-state index contributed by atoms with van der Waals surface area (Å²) in [6.07, 6.45) is 2.70. The summed E-state index contributed by atoms with van der Waals surface area (Å²) in [4.78, 5) is 26.4. The molecule has 0 saturated heterocycles. The molecule has 1 unspecified atom stereocenters. The molecule has 1 heterocycles. The van der Waals surface area contributed by atoms with Crippen molar-refractivity contribution in [3.8, 4) is 5.75 Å². The first-order valence-corrected chi connectivity index (χ1v) is 10.1. The van der Waals surface area contributed by atoms with Crippen LogP contribution in [0.3, 0.4) is 0 Å². The van der Waals surface area contributed by atoms with Gasteiger partial charge in [-0.25, -0.2) is 0 Å². The molecule has 0 bridgehead atoms. The van der Waals surface area contributed by atoms with Gasteiger partial charge in [-0.1, -0.05) is 42.5 Å². The molecule has 3 aromatic rings. The van der Waals surface area contributed by atoms with E-state index in [0.29, 0.717) is 13.2 Å². The molecule has 1 aliphatic carbocycles. The van der Waals surface area contributed by atoms with Gasteiger partial charge in [0.25, 0.3) is 11.5 Å². The molecule has 30 heavy (non-hydrogen) atoms. The third kappa shape index (κ3) is 4.60. The van der Waals surface area contributed by atoms with Crippen LogP contribution in [0.2, 0.25) is 0 Å². The second kappa shape index (κ2) is 8.97. The van der Waals surface area contributed by atoms with Gasteiger partial charge in [0.1, 0.15) is 17.9 Å². The fourth-order valence-electron chi connectivity index (χ4n) is 3.86. The maximum Gasteiger partial charge on any atom is 0.261 e. The summed E-state index contributed by atoms with van der Waals surface area (Å²) in [5.41, 5.74) is 9.01. The summed E-state index contributed by atoms with van der Waals surface area (Å²) in [6, 6.07) is 19.8. The Bertz CT molecular complexity index is 1090. The van der Waals surface area contributed by atoms with Crippen LogP contribution in [-0.2, 0) is 19.6 Å². The Morgan fingerprint density at radius 2 is 1.90 bits per heavy atom. The highest BCUT2D eigenvalue weighted by Gasteiger charge is 2.23. The summed E-state index contributed by atoms with van der Waals surface area (Å²) >= 11 is 0. The van der Waals surface area contributed by atoms with Crippen LogP contribution in [0.15, 0.2) is 65.5 Å². The molecule has 0 aliphatic heterocycles. The Kier molecular flexibility index (Phi) is 5.95. The number of H-pyrrole nitrogens is 1. The highest BCUT2D eigenvalue weighted by atomic mass is 16.5. The van der Waals surface area contributed by atoms with Gasteiger partial charge in [-0.05, 0) is 54.2 Å². The summed E-state index contributed by atoms with van der Waals surface area (Å²) < 4.78 is 5.92. The average molecular weight is 403 g/mol. The smallest absolute Gasteiger partial charge is 0.261 e. The van der Waals surface area contributed by atoms with E-state index in [9.17, 15) is 9.59 Å². The van der Waals surface area contributed by atoms with Gasteiger partial charge in [-0.3, -0.25) is 9.59 Å². The van der Waals surface area contributed by atoms with E-state index < -0.39 is 11.5 Å². The summed E-state index contributed by atoms with van der Waals surface area (Å²) in [6.45, 7) is 1.18. The molecule has 2 aromatic carbocycles. The standard InChI is InChI=1S/C24H25N3O3/c25-23(28)20-13-19-21(10-5-11-22(19)27-24(20)29)26-14-17-8-4-9-18(12-17)30-15-16-6-2-1-3-7-16/h1-4,6-9,12-13,21,26H,5,10-11,14-15H2,(H2,25,28)(H,27,29). The highest BCUT2D eigenvalue weighted by Crippen LogP contribution is 2.28. The number of carbonyl (C=O) groups excluding carboxylic acids is 1. The van der Waals surface area contributed by atoms with Crippen LogP contribution in [0.5, 0.6) is 5.75 Å². The Morgan fingerprint density at radius 3 is 2.70 bits per heavy atom. The number of amides is 1. The Hall–Kier alpha value is -3.38. The predicted molar refractivity (Wildman–Crippen MR) is 115 cm³/mol. The second-order valence-corrected chi connectivity index (χ2v) is 7.56. The maximum absolute atomic E-state index is 12.0. The molecular weight excluding hydrogens is 378 g/mol. The Balaban J connectivity index is 1.44. The second-order valence-electron chi connectivity index (χ2n) is 7.56. The van der Waals surface area contributed by atoms with Crippen LogP contribution in [0.4, 0.5) is 0 Å². The number of rotatable bonds is 7. The number of aryl methyl sites for hydroxylation is 1. The summed E-state index contributed by atoms with van der Waals surface area (Å²) in [5.74, 6) is 0.120. The SMILES string of the molecule is NC(=O)c1cc2c([nH]c1=O)CCCC2NCc1cccc(OCc2ccccc2)c1. The maximum atomic E-state index is 12.0. The van der Waals surface area contributed by atoms with E-state index in [1.54, 1.807) is 6.07 Å². The number of carbonyl (C=O) groups is 1. The number of ether oxygens (including phenoxy) is 1. The highest BCUT2D eigenvalue weighted by molar-refractivity contribution is 5.92. The number of pyridine rings is 1. The van der Waals surface area contributed by atoms with E-state index in [4.69, 9.17) is 10.5 Å². The first kappa shape index (κ1) is 19.9. The van der Waals surface area contributed by atoms with Crippen LogP contribution < -0.4 is 21.3 Å². The molecule has 1 atom stereocenters. The topological polar surface area (TPSA) is 97.2 Å². The lowest BCUT2D eigenvalue weighted by molar-refractivity contribution is 0.0998. The minimum absolute atomic E-state index is 0.0127. The minimum atomic E-state index is -0.702. The monoisotopic (exact) mass is 403 g/mol. The number of aromatic amines is 1. The average Bonchev–Trinajstić information content (AvgIpc) is 2.76. The van der Waals surface area contributed by atoms with Crippen molar-refractivity contribution in [2.24, 2.45) is 5.73 Å². The molecular formula is C24H25N3O3. The van der Waals surface area contributed by atoms with E-state index >= 15 is 0 Å². The molecule has 1 amide bonds. The first-order valence-electron chi connectivity index (χ1n) is 10.1. The molecule has 0 saturated carbocycles. The van der Waals surface area contributed by atoms with E-state index in [2.05, 4.69) is 10.3 Å². The van der Waals surface area contributed by atoms with Crippen molar-refractivity contribution in [2.45, 2.75) is 38.5 Å². The van der Waals surface area contributed by atoms with Crippen LogP contribution in [0.1, 0.15) is 51.6 Å². The van der Waals surface area contributed by atoms with Gasteiger partial charge in [0, 0.05) is 18.3 Å². The molecule has 154 valence electrons. The van der Waals surface area contributed by atoms with Crippen LogP contribution >= 0.6 is 0 Å². The van der Waals surface area contributed by atoms with Gasteiger partial charge in [0.05, 0.1) is 0 Å². The van der Waals surface area contributed by atoms with Crippen molar-refractivity contribution < 1.29 is 9.53 Å². The van der Waals surface area contributed by atoms with Crippen molar-refractivity contribution in [2.75, 3.05) is 0 Å². The third-order valence-corrected chi connectivity index (χ3v) is 5.42.